The molecule has 1 aliphatic rings. The highest BCUT2D eigenvalue weighted by molar-refractivity contribution is 5.44. The number of hydrogen-bond donors (Lipinski definition) is 1. The summed E-state index contributed by atoms with van der Waals surface area (Å²) in [5.74, 6) is 0.842. The molecule has 2 rings (SSSR count). The fraction of sp³-hybridized carbons (Fsp3) is 0.625. The van der Waals surface area contributed by atoms with E-state index in [1.165, 1.54) is 0 Å². The number of aryl methyl sites for hydroxylation is 2. The number of nitrogens with one attached hydrogen (secondary N) is 1. The van der Waals surface area contributed by atoms with Crippen molar-refractivity contribution in [2.45, 2.75) is 32.7 Å². The number of piperazine rings is 1. The van der Waals surface area contributed by atoms with Crippen LogP contribution in [-0.2, 0) is 0 Å². The van der Waals surface area contributed by atoms with Gasteiger partial charge in [-0.15, -0.1) is 0 Å². The van der Waals surface area contributed by atoms with Gasteiger partial charge in [-0.25, -0.2) is 8.78 Å². The number of methoxy groups -OCH3 is 1. The maximum atomic E-state index is 13.0. The number of rotatable bonds is 5. The number of alkyl halides is 2. The Kier molecular flexibility index (Phi) is 5.53. The van der Waals surface area contributed by atoms with E-state index in [0.717, 1.165) is 48.6 Å². The Morgan fingerprint density at radius 3 is 2.24 bits per heavy atom. The van der Waals surface area contributed by atoms with Crippen molar-refractivity contribution in [3.05, 3.63) is 28.8 Å². The molecule has 0 unspecified atom stereocenters. The highest BCUT2D eigenvalue weighted by Crippen LogP contribution is 2.33. The molecule has 1 heterocycles. The number of nitrogens with zero attached hydrogens (tertiary/aromatic N) is 1. The summed E-state index contributed by atoms with van der Waals surface area (Å²) in [6.45, 7) is 7.25. The first kappa shape index (κ1) is 16.2. The Hall–Kier alpha value is -1.20. The highest BCUT2D eigenvalue weighted by Gasteiger charge is 2.26. The van der Waals surface area contributed by atoms with E-state index in [2.05, 4.69) is 10.2 Å². The van der Waals surface area contributed by atoms with Gasteiger partial charge in [-0.3, -0.25) is 4.90 Å². The van der Waals surface area contributed by atoms with Crippen molar-refractivity contribution in [1.82, 2.24) is 10.2 Å². The van der Waals surface area contributed by atoms with E-state index in [-0.39, 0.29) is 12.5 Å². The first-order chi connectivity index (χ1) is 10.0. The van der Waals surface area contributed by atoms with Gasteiger partial charge in [-0.1, -0.05) is 12.1 Å². The molecule has 1 N–H and O–H groups in total. The van der Waals surface area contributed by atoms with Crippen molar-refractivity contribution < 1.29 is 13.5 Å². The molecule has 1 atom stereocenters. The Balaban J connectivity index is 2.31. The average Bonchev–Trinajstić information content (AvgIpc) is 2.45. The van der Waals surface area contributed by atoms with Gasteiger partial charge in [-0.2, -0.15) is 0 Å². The fourth-order valence-electron chi connectivity index (χ4n) is 3.16. The average molecular weight is 298 g/mol. The van der Waals surface area contributed by atoms with Gasteiger partial charge >= 0.3 is 0 Å². The zero-order valence-corrected chi connectivity index (χ0v) is 13.0. The molecule has 1 saturated heterocycles. The topological polar surface area (TPSA) is 24.5 Å². The predicted octanol–water partition coefficient (Wildman–Crippen LogP) is 2.91. The van der Waals surface area contributed by atoms with Gasteiger partial charge in [0.25, 0.3) is 0 Å². The van der Waals surface area contributed by atoms with E-state index in [4.69, 9.17) is 4.74 Å². The molecule has 0 aromatic heterocycles. The number of halogens is 2. The van der Waals surface area contributed by atoms with Crippen molar-refractivity contribution in [2.75, 3.05) is 33.3 Å². The van der Waals surface area contributed by atoms with E-state index in [9.17, 15) is 8.78 Å². The molecule has 1 aromatic carbocycles. The zero-order valence-electron chi connectivity index (χ0n) is 13.0. The lowest BCUT2D eigenvalue weighted by molar-refractivity contribution is 0.0738. The third kappa shape index (κ3) is 3.92. The normalized spacial score (nSPS) is 18.0. The monoisotopic (exact) mass is 298 g/mol. The summed E-state index contributed by atoms with van der Waals surface area (Å²) < 4.78 is 31.4. The molecule has 1 fully saturated rings. The second-order valence-electron chi connectivity index (χ2n) is 5.62. The van der Waals surface area contributed by atoms with Crippen LogP contribution in [0.5, 0.6) is 5.75 Å². The Bertz CT molecular complexity index is 450. The van der Waals surface area contributed by atoms with Crippen molar-refractivity contribution in [3.63, 3.8) is 0 Å². The fourth-order valence-corrected chi connectivity index (χ4v) is 3.16. The Labute approximate surface area is 125 Å². The largest absolute Gasteiger partial charge is 0.496 e. The van der Waals surface area contributed by atoms with Crippen molar-refractivity contribution >= 4 is 0 Å². The lowest BCUT2D eigenvalue weighted by Gasteiger charge is -2.35. The molecule has 0 radical (unpaired) electrons. The van der Waals surface area contributed by atoms with E-state index in [1.807, 2.05) is 26.0 Å². The molecule has 21 heavy (non-hydrogen) atoms. The van der Waals surface area contributed by atoms with Gasteiger partial charge in [0.1, 0.15) is 5.75 Å². The minimum absolute atomic E-state index is 0.120. The van der Waals surface area contributed by atoms with Gasteiger partial charge in [0, 0.05) is 38.6 Å². The SMILES string of the molecule is COc1c(C)cc([C@@H](CC(F)F)N2CCNCC2)cc1C. The Morgan fingerprint density at radius 2 is 1.76 bits per heavy atom. The molecule has 0 aliphatic carbocycles. The van der Waals surface area contributed by atoms with Crippen LogP contribution in [-0.4, -0.2) is 44.6 Å². The molecule has 0 saturated carbocycles. The molecule has 1 aliphatic heterocycles. The van der Waals surface area contributed by atoms with E-state index in [0.29, 0.717) is 0 Å². The van der Waals surface area contributed by atoms with Crippen molar-refractivity contribution in [3.8, 4) is 5.75 Å². The van der Waals surface area contributed by atoms with Crippen LogP contribution < -0.4 is 10.1 Å². The van der Waals surface area contributed by atoms with Gasteiger partial charge < -0.3 is 10.1 Å². The quantitative estimate of drug-likeness (QED) is 0.904. The molecule has 3 nitrogen and oxygen atoms in total. The zero-order chi connectivity index (χ0) is 15.4. The molecule has 0 amide bonds. The second-order valence-corrected chi connectivity index (χ2v) is 5.62. The summed E-state index contributed by atoms with van der Waals surface area (Å²) >= 11 is 0. The van der Waals surface area contributed by atoms with Crippen LogP contribution in [0.1, 0.15) is 29.2 Å². The molecular formula is C16H24F2N2O. The van der Waals surface area contributed by atoms with E-state index >= 15 is 0 Å². The molecule has 118 valence electrons. The second kappa shape index (κ2) is 7.18. The third-order valence-corrected chi connectivity index (χ3v) is 4.07. The van der Waals surface area contributed by atoms with Crippen LogP contribution >= 0.6 is 0 Å². The minimum atomic E-state index is -2.30. The molecule has 0 bridgehead atoms. The third-order valence-electron chi connectivity index (χ3n) is 4.07. The predicted molar refractivity (Wildman–Crippen MR) is 80.3 cm³/mol. The van der Waals surface area contributed by atoms with Gasteiger partial charge in [0.15, 0.2) is 0 Å². The van der Waals surface area contributed by atoms with Crippen molar-refractivity contribution in [2.24, 2.45) is 0 Å². The number of hydrogen-bond acceptors (Lipinski definition) is 3. The van der Waals surface area contributed by atoms with Gasteiger partial charge in [0.2, 0.25) is 6.43 Å². The molecular weight excluding hydrogens is 274 g/mol. The summed E-state index contributed by atoms with van der Waals surface area (Å²) in [7, 11) is 1.64. The van der Waals surface area contributed by atoms with Gasteiger partial charge in [-0.05, 0) is 30.5 Å². The molecule has 1 aromatic rings. The van der Waals surface area contributed by atoms with E-state index < -0.39 is 6.43 Å². The van der Waals surface area contributed by atoms with E-state index in [1.54, 1.807) is 7.11 Å². The van der Waals surface area contributed by atoms with Crippen LogP contribution in [0.4, 0.5) is 8.78 Å². The first-order valence-corrected chi connectivity index (χ1v) is 7.41. The van der Waals surface area contributed by atoms with Crippen LogP contribution in [0.2, 0.25) is 0 Å². The number of benzene rings is 1. The summed E-state index contributed by atoms with van der Waals surface area (Å²) in [6.07, 6.45) is -2.42. The highest BCUT2D eigenvalue weighted by atomic mass is 19.3. The lowest BCUT2D eigenvalue weighted by atomic mass is 9.96. The number of ether oxygens (including phenoxy) is 1. The van der Waals surface area contributed by atoms with Crippen LogP contribution in [0.25, 0.3) is 0 Å². The first-order valence-electron chi connectivity index (χ1n) is 7.41. The molecule has 0 spiro atoms. The maximum absolute atomic E-state index is 13.0. The van der Waals surface area contributed by atoms with Crippen molar-refractivity contribution in [1.29, 1.82) is 0 Å². The summed E-state index contributed by atoms with van der Waals surface area (Å²) in [5.41, 5.74) is 2.97. The summed E-state index contributed by atoms with van der Waals surface area (Å²) in [4.78, 5) is 2.16. The summed E-state index contributed by atoms with van der Waals surface area (Å²) in [6, 6.07) is 3.75. The Morgan fingerprint density at radius 1 is 1.19 bits per heavy atom. The van der Waals surface area contributed by atoms with Crippen LogP contribution in [0.3, 0.4) is 0 Å². The molecule has 5 heteroatoms. The standard InChI is InChI=1S/C16H24F2N2O/c1-11-8-13(9-12(2)16(11)21-3)14(10-15(17)18)20-6-4-19-5-7-20/h8-9,14-15,19H,4-7,10H2,1-3H3/t14-/m1/s1. The minimum Gasteiger partial charge on any atom is -0.496 e. The maximum Gasteiger partial charge on any atom is 0.240 e. The smallest absolute Gasteiger partial charge is 0.240 e. The van der Waals surface area contributed by atoms with Crippen LogP contribution in [0.15, 0.2) is 12.1 Å². The van der Waals surface area contributed by atoms with Gasteiger partial charge in [0.05, 0.1) is 7.11 Å². The lowest BCUT2D eigenvalue weighted by Crippen LogP contribution is -2.45. The summed E-state index contributed by atoms with van der Waals surface area (Å²) in [5, 5.41) is 3.27. The van der Waals surface area contributed by atoms with Crippen LogP contribution in [0, 0.1) is 13.8 Å².